The minimum atomic E-state index is -0.0724. The number of alkyl halides is 2. The van der Waals surface area contributed by atoms with Gasteiger partial charge in [0.25, 0.3) is 0 Å². The third kappa shape index (κ3) is 3.54. The van der Waals surface area contributed by atoms with Crippen LogP contribution in [-0.4, -0.2) is 59.6 Å². The van der Waals surface area contributed by atoms with E-state index in [0.717, 1.165) is 6.42 Å². The van der Waals surface area contributed by atoms with Gasteiger partial charge in [-0.25, -0.2) is 0 Å². The SMILES string of the molecule is O=C(CCl)N1CCCN(C(=O)CCl)CC1. The molecule has 0 radical (unpaired) electrons. The molecular weight excluding hydrogens is 239 g/mol. The fourth-order valence-corrected chi connectivity index (χ4v) is 1.92. The molecule has 1 heterocycles. The van der Waals surface area contributed by atoms with E-state index in [1.807, 2.05) is 0 Å². The van der Waals surface area contributed by atoms with Gasteiger partial charge in [-0.05, 0) is 6.42 Å². The van der Waals surface area contributed by atoms with E-state index in [9.17, 15) is 9.59 Å². The van der Waals surface area contributed by atoms with Crippen LogP contribution in [-0.2, 0) is 9.59 Å². The standard InChI is InChI=1S/C9H14Cl2N2O2/c10-6-8(14)12-2-1-3-13(5-4-12)9(15)7-11/h1-7H2. The Morgan fingerprint density at radius 1 is 0.867 bits per heavy atom. The third-order valence-corrected chi connectivity index (χ3v) is 2.89. The quantitative estimate of drug-likeness (QED) is 0.673. The second-order valence-electron chi connectivity index (χ2n) is 3.38. The average Bonchev–Trinajstić information content (AvgIpc) is 2.52. The summed E-state index contributed by atoms with van der Waals surface area (Å²) in [6.07, 6.45) is 0.783. The highest BCUT2D eigenvalue weighted by Crippen LogP contribution is 2.05. The summed E-state index contributed by atoms with van der Waals surface area (Å²) in [6, 6.07) is 0. The lowest BCUT2D eigenvalue weighted by Crippen LogP contribution is -2.38. The smallest absolute Gasteiger partial charge is 0.237 e. The molecule has 0 aromatic carbocycles. The Morgan fingerprint density at radius 3 is 1.60 bits per heavy atom. The van der Waals surface area contributed by atoms with E-state index >= 15 is 0 Å². The topological polar surface area (TPSA) is 40.6 Å². The molecule has 6 heteroatoms. The van der Waals surface area contributed by atoms with Crippen molar-refractivity contribution in [2.45, 2.75) is 6.42 Å². The van der Waals surface area contributed by atoms with E-state index in [1.165, 1.54) is 0 Å². The van der Waals surface area contributed by atoms with Crippen LogP contribution in [0.2, 0.25) is 0 Å². The Morgan fingerprint density at radius 2 is 1.27 bits per heavy atom. The largest absolute Gasteiger partial charge is 0.340 e. The fraction of sp³-hybridized carbons (Fsp3) is 0.778. The zero-order chi connectivity index (χ0) is 11.3. The summed E-state index contributed by atoms with van der Waals surface area (Å²) in [5.74, 6) is -0.138. The van der Waals surface area contributed by atoms with Crippen LogP contribution in [0.25, 0.3) is 0 Å². The predicted octanol–water partition coefficient (Wildman–Crippen LogP) is 0.525. The number of hydrogen-bond donors (Lipinski definition) is 0. The van der Waals surface area contributed by atoms with Crippen molar-refractivity contribution in [1.82, 2.24) is 9.80 Å². The Kier molecular flexibility index (Phi) is 5.19. The van der Waals surface area contributed by atoms with Gasteiger partial charge in [0.05, 0.1) is 0 Å². The molecule has 0 N–H and O–H groups in total. The maximum atomic E-state index is 11.3. The highest BCUT2D eigenvalue weighted by molar-refractivity contribution is 6.27. The van der Waals surface area contributed by atoms with Gasteiger partial charge in [-0.15, -0.1) is 23.2 Å². The molecule has 0 saturated carbocycles. The molecule has 0 unspecified atom stereocenters. The van der Waals surface area contributed by atoms with E-state index in [1.54, 1.807) is 9.80 Å². The van der Waals surface area contributed by atoms with Gasteiger partial charge in [0.1, 0.15) is 11.8 Å². The molecular formula is C9H14Cl2N2O2. The molecule has 86 valence electrons. The van der Waals surface area contributed by atoms with E-state index < -0.39 is 0 Å². The van der Waals surface area contributed by atoms with E-state index in [-0.39, 0.29) is 23.6 Å². The number of carbonyl (C=O) groups is 2. The number of carbonyl (C=O) groups excluding carboxylic acids is 2. The van der Waals surface area contributed by atoms with Gasteiger partial charge >= 0.3 is 0 Å². The van der Waals surface area contributed by atoms with Crippen LogP contribution in [0.1, 0.15) is 6.42 Å². The van der Waals surface area contributed by atoms with Crippen molar-refractivity contribution in [3.05, 3.63) is 0 Å². The number of rotatable bonds is 2. The molecule has 2 amide bonds. The Labute approximate surface area is 99.1 Å². The Balaban J connectivity index is 2.48. The first-order valence-corrected chi connectivity index (χ1v) is 5.93. The monoisotopic (exact) mass is 252 g/mol. The molecule has 0 bridgehead atoms. The number of nitrogens with zero attached hydrogens (tertiary/aromatic N) is 2. The molecule has 1 aliphatic rings. The van der Waals surface area contributed by atoms with Crippen LogP contribution >= 0.6 is 23.2 Å². The van der Waals surface area contributed by atoms with Crippen molar-refractivity contribution in [3.8, 4) is 0 Å². The van der Waals surface area contributed by atoms with Gasteiger partial charge in [-0.2, -0.15) is 0 Å². The lowest BCUT2D eigenvalue weighted by Gasteiger charge is -2.20. The summed E-state index contributed by atoms with van der Waals surface area (Å²) in [4.78, 5) is 26.0. The molecule has 0 aliphatic carbocycles. The first-order valence-electron chi connectivity index (χ1n) is 4.86. The first-order chi connectivity index (χ1) is 7.19. The van der Waals surface area contributed by atoms with Gasteiger partial charge in [-0.3, -0.25) is 9.59 Å². The lowest BCUT2D eigenvalue weighted by atomic mass is 10.4. The molecule has 15 heavy (non-hydrogen) atoms. The Hall–Kier alpha value is -0.480. The summed E-state index contributed by atoms with van der Waals surface area (Å²) in [5.41, 5.74) is 0. The molecule has 1 saturated heterocycles. The van der Waals surface area contributed by atoms with E-state index in [0.29, 0.717) is 26.2 Å². The van der Waals surface area contributed by atoms with Crippen LogP contribution in [0.3, 0.4) is 0 Å². The molecule has 4 nitrogen and oxygen atoms in total. The van der Waals surface area contributed by atoms with E-state index in [4.69, 9.17) is 23.2 Å². The molecule has 0 aromatic heterocycles. The summed E-state index contributed by atoms with van der Waals surface area (Å²) in [6.45, 7) is 2.43. The van der Waals surface area contributed by atoms with Crippen molar-refractivity contribution < 1.29 is 9.59 Å². The first kappa shape index (κ1) is 12.6. The minimum absolute atomic E-state index is 0.00343. The lowest BCUT2D eigenvalue weighted by molar-refractivity contribution is -0.130. The maximum absolute atomic E-state index is 11.3. The molecule has 0 spiro atoms. The number of hydrogen-bond acceptors (Lipinski definition) is 2. The Bertz CT molecular complexity index is 224. The molecule has 0 atom stereocenters. The van der Waals surface area contributed by atoms with Crippen molar-refractivity contribution in [3.63, 3.8) is 0 Å². The highest BCUT2D eigenvalue weighted by Gasteiger charge is 2.20. The van der Waals surface area contributed by atoms with Gasteiger partial charge in [0, 0.05) is 26.2 Å². The zero-order valence-electron chi connectivity index (χ0n) is 8.42. The summed E-state index contributed by atoms with van der Waals surface area (Å²) in [5, 5.41) is 0. The maximum Gasteiger partial charge on any atom is 0.237 e. The van der Waals surface area contributed by atoms with Gasteiger partial charge < -0.3 is 9.80 Å². The second-order valence-corrected chi connectivity index (χ2v) is 3.92. The van der Waals surface area contributed by atoms with Crippen LogP contribution in [0.15, 0.2) is 0 Å². The summed E-state index contributed by atoms with van der Waals surface area (Å²) < 4.78 is 0. The van der Waals surface area contributed by atoms with Crippen molar-refractivity contribution >= 4 is 35.0 Å². The summed E-state index contributed by atoms with van der Waals surface area (Å²) >= 11 is 10.9. The molecule has 1 fully saturated rings. The normalized spacial score (nSPS) is 17.5. The fourth-order valence-electron chi connectivity index (χ4n) is 1.59. The van der Waals surface area contributed by atoms with Crippen LogP contribution in [0.5, 0.6) is 0 Å². The second kappa shape index (κ2) is 6.18. The molecule has 0 aromatic rings. The van der Waals surface area contributed by atoms with Crippen molar-refractivity contribution in [2.24, 2.45) is 0 Å². The van der Waals surface area contributed by atoms with E-state index in [2.05, 4.69) is 0 Å². The average molecular weight is 253 g/mol. The van der Waals surface area contributed by atoms with Gasteiger partial charge in [0.2, 0.25) is 11.8 Å². The van der Waals surface area contributed by atoms with Crippen molar-refractivity contribution in [2.75, 3.05) is 37.9 Å². The van der Waals surface area contributed by atoms with Crippen LogP contribution in [0, 0.1) is 0 Å². The van der Waals surface area contributed by atoms with Crippen LogP contribution in [0.4, 0.5) is 0 Å². The predicted molar refractivity (Wildman–Crippen MR) is 59.2 cm³/mol. The minimum Gasteiger partial charge on any atom is -0.340 e. The molecule has 1 aliphatic heterocycles. The van der Waals surface area contributed by atoms with Gasteiger partial charge in [-0.1, -0.05) is 0 Å². The molecule has 1 rings (SSSR count). The zero-order valence-corrected chi connectivity index (χ0v) is 9.93. The van der Waals surface area contributed by atoms with Gasteiger partial charge in [0.15, 0.2) is 0 Å². The number of amides is 2. The van der Waals surface area contributed by atoms with Crippen LogP contribution < -0.4 is 0 Å². The highest BCUT2D eigenvalue weighted by atomic mass is 35.5. The third-order valence-electron chi connectivity index (χ3n) is 2.43. The van der Waals surface area contributed by atoms with Crippen molar-refractivity contribution in [1.29, 1.82) is 0 Å². The summed E-state index contributed by atoms with van der Waals surface area (Å²) in [7, 11) is 0. The number of halogens is 2.